The van der Waals surface area contributed by atoms with Crippen LogP contribution in [0.15, 0.2) is 12.3 Å². The lowest BCUT2D eigenvalue weighted by Crippen LogP contribution is -2.40. The zero-order valence-corrected chi connectivity index (χ0v) is 15.0. The van der Waals surface area contributed by atoms with E-state index in [1.54, 1.807) is 12.3 Å². The molecule has 136 valence electrons. The van der Waals surface area contributed by atoms with Gasteiger partial charge in [0.15, 0.2) is 0 Å². The van der Waals surface area contributed by atoms with Gasteiger partial charge in [-0.3, -0.25) is 9.59 Å². The second kappa shape index (κ2) is 6.48. The number of amides is 2. The Bertz CT molecular complexity index is 656. The highest BCUT2D eigenvalue weighted by atomic mass is 16.2. The Labute approximate surface area is 148 Å². The van der Waals surface area contributed by atoms with E-state index in [4.69, 9.17) is 0 Å². The fourth-order valence-corrected chi connectivity index (χ4v) is 4.81. The molecule has 1 atom stereocenters. The number of carbonyl (C=O) groups excluding carboxylic acids is 2. The zero-order valence-electron chi connectivity index (χ0n) is 15.0. The number of hydrogen-bond acceptors (Lipinski definition) is 3. The molecule has 3 saturated heterocycles. The molecule has 0 aliphatic carbocycles. The highest BCUT2D eigenvalue weighted by Crippen LogP contribution is 2.42. The number of likely N-dealkylation sites (tertiary alicyclic amines) is 2. The molecular weight excluding hydrogens is 316 g/mol. The SMILES string of the molecule is CC1CC2(CCNCC2)CN1C(=O)c1c[nH]c(C(=O)N2CCCC2)c1. The van der Waals surface area contributed by atoms with Gasteiger partial charge in [0, 0.05) is 31.9 Å². The average Bonchev–Trinajstić information content (AvgIpc) is 3.35. The molecule has 3 fully saturated rings. The summed E-state index contributed by atoms with van der Waals surface area (Å²) in [4.78, 5) is 32.4. The van der Waals surface area contributed by atoms with Crippen molar-refractivity contribution in [1.82, 2.24) is 20.1 Å². The molecule has 4 heterocycles. The van der Waals surface area contributed by atoms with E-state index in [1.807, 2.05) is 9.80 Å². The minimum atomic E-state index is 0.0147. The summed E-state index contributed by atoms with van der Waals surface area (Å²) in [6, 6.07) is 2.00. The summed E-state index contributed by atoms with van der Waals surface area (Å²) in [6.45, 7) is 6.73. The first-order valence-electron chi connectivity index (χ1n) is 9.57. The van der Waals surface area contributed by atoms with E-state index in [1.165, 1.54) is 0 Å². The molecule has 1 aromatic heterocycles. The number of aromatic amines is 1. The van der Waals surface area contributed by atoms with Crippen molar-refractivity contribution in [1.29, 1.82) is 0 Å². The maximum atomic E-state index is 13.0. The van der Waals surface area contributed by atoms with Crippen molar-refractivity contribution in [2.24, 2.45) is 5.41 Å². The molecular formula is C19H28N4O2. The van der Waals surface area contributed by atoms with E-state index < -0.39 is 0 Å². The summed E-state index contributed by atoms with van der Waals surface area (Å²) in [7, 11) is 0. The molecule has 1 spiro atoms. The van der Waals surface area contributed by atoms with Crippen molar-refractivity contribution < 1.29 is 9.59 Å². The molecule has 3 aliphatic rings. The highest BCUT2D eigenvalue weighted by molar-refractivity contribution is 5.99. The molecule has 2 amide bonds. The molecule has 25 heavy (non-hydrogen) atoms. The summed E-state index contributed by atoms with van der Waals surface area (Å²) in [5.74, 6) is 0.0699. The number of piperidine rings is 1. The van der Waals surface area contributed by atoms with E-state index in [-0.39, 0.29) is 23.3 Å². The largest absolute Gasteiger partial charge is 0.356 e. The standard InChI is InChI=1S/C19H28N4O2/c1-14-11-19(4-6-20-7-5-19)13-23(14)17(24)15-10-16(21-12-15)18(25)22-8-2-3-9-22/h10,12,14,20-21H,2-9,11,13H2,1H3. The molecule has 0 bridgehead atoms. The third-order valence-corrected chi connectivity index (χ3v) is 6.24. The number of nitrogens with zero attached hydrogens (tertiary/aromatic N) is 2. The maximum Gasteiger partial charge on any atom is 0.270 e. The van der Waals surface area contributed by atoms with Gasteiger partial charge in [-0.1, -0.05) is 0 Å². The Hall–Kier alpha value is -1.82. The zero-order chi connectivity index (χ0) is 17.4. The van der Waals surface area contributed by atoms with Gasteiger partial charge >= 0.3 is 0 Å². The quantitative estimate of drug-likeness (QED) is 0.860. The van der Waals surface area contributed by atoms with Crippen molar-refractivity contribution in [3.8, 4) is 0 Å². The molecule has 2 N–H and O–H groups in total. The van der Waals surface area contributed by atoms with Crippen LogP contribution in [0, 0.1) is 5.41 Å². The second-order valence-electron chi connectivity index (χ2n) is 8.04. The van der Waals surface area contributed by atoms with Crippen LogP contribution >= 0.6 is 0 Å². The van der Waals surface area contributed by atoms with Gasteiger partial charge in [0.1, 0.15) is 5.69 Å². The molecule has 6 nitrogen and oxygen atoms in total. The van der Waals surface area contributed by atoms with E-state index >= 15 is 0 Å². The smallest absolute Gasteiger partial charge is 0.270 e. The van der Waals surface area contributed by atoms with Crippen LogP contribution in [-0.2, 0) is 0 Å². The lowest BCUT2D eigenvalue weighted by Gasteiger charge is -2.33. The summed E-state index contributed by atoms with van der Waals surface area (Å²) in [5.41, 5.74) is 1.43. The fourth-order valence-electron chi connectivity index (χ4n) is 4.81. The first-order chi connectivity index (χ1) is 12.1. The second-order valence-corrected chi connectivity index (χ2v) is 8.04. The predicted octanol–water partition coefficient (Wildman–Crippen LogP) is 1.85. The number of carbonyl (C=O) groups is 2. The summed E-state index contributed by atoms with van der Waals surface area (Å²) in [6.07, 6.45) is 7.22. The van der Waals surface area contributed by atoms with Gasteiger partial charge in [0.05, 0.1) is 5.56 Å². The molecule has 0 saturated carbocycles. The van der Waals surface area contributed by atoms with Gasteiger partial charge in [0.2, 0.25) is 0 Å². The minimum Gasteiger partial charge on any atom is -0.356 e. The maximum absolute atomic E-state index is 13.0. The highest BCUT2D eigenvalue weighted by Gasteiger charge is 2.44. The Morgan fingerprint density at radius 3 is 2.60 bits per heavy atom. The minimum absolute atomic E-state index is 0.0147. The molecule has 4 rings (SSSR count). The van der Waals surface area contributed by atoms with Crippen molar-refractivity contribution in [3.05, 3.63) is 23.5 Å². The molecule has 0 aromatic carbocycles. The third-order valence-electron chi connectivity index (χ3n) is 6.24. The molecule has 0 radical (unpaired) electrons. The first-order valence-corrected chi connectivity index (χ1v) is 9.57. The summed E-state index contributed by atoms with van der Waals surface area (Å²) in [5, 5.41) is 3.42. The van der Waals surface area contributed by atoms with Crippen LogP contribution in [0.25, 0.3) is 0 Å². The Morgan fingerprint density at radius 1 is 1.16 bits per heavy atom. The van der Waals surface area contributed by atoms with Crippen molar-refractivity contribution >= 4 is 11.8 Å². The van der Waals surface area contributed by atoms with Crippen molar-refractivity contribution in [2.75, 3.05) is 32.7 Å². The van der Waals surface area contributed by atoms with Crippen LogP contribution in [-0.4, -0.2) is 65.4 Å². The van der Waals surface area contributed by atoms with E-state index in [0.717, 1.165) is 64.8 Å². The molecule has 1 unspecified atom stereocenters. The number of aromatic nitrogens is 1. The Kier molecular flexibility index (Phi) is 4.31. The van der Waals surface area contributed by atoms with Crippen LogP contribution < -0.4 is 5.32 Å². The van der Waals surface area contributed by atoms with Crippen molar-refractivity contribution in [2.45, 2.75) is 45.1 Å². The monoisotopic (exact) mass is 344 g/mol. The Balaban J connectivity index is 1.47. The molecule has 3 aliphatic heterocycles. The van der Waals surface area contributed by atoms with E-state index in [2.05, 4.69) is 17.2 Å². The number of rotatable bonds is 2. The van der Waals surface area contributed by atoms with Crippen molar-refractivity contribution in [3.63, 3.8) is 0 Å². The topological polar surface area (TPSA) is 68.4 Å². The normalized spacial score (nSPS) is 25.7. The van der Waals surface area contributed by atoms with Gasteiger partial charge in [-0.2, -0.15) is 0 Å². The lowest BCUT2D eigenvalue weighted by atomic mass is 9.77. The predicted molar refractivity (Wildman–Crippen MR) is 95.6 cm³/mol. The van der Waals surface area contributed by atoms with Crippen LogP contribution in [0.5, 0.6) is 0 Å². The van der Waals surface area contributed by atoms with E-state index in [9.17, 15) is 9.59 Å². The lowest BCUT2D eigenvalue weighted by molar-refractivity contribution is 0.0723. The summed E-state index contributed by atoms with van der Waals surface area (Å²) >= 11 is 0. The van der Waals surface area contributed by atoms with Gasteiger partial charge in [-0.25, -0.2) is 0 Å². The van der Waals surface area contributed by atoms with Crippen LogP contribution in [0.2, 0.25) is 0 Å². The van der Waals surface area contributed by atoms with Crippen LogP contribution in [0.1, 0.15) is 59.9 Å². The average molecular weight is 344 g/mol. The fraction of sp³-hybridized carbons (Fsp3) is 0.684. The van der Waals surface area contributed by atoms with Gasteiger partial charge in [-0.05, 0) is 63.6 Å². The van der Waals surface area contributed by atoms with Crippen LogP contribution in [0.4, 0.5) is 0 Å². The van der Waals surface area contributed by atoms with Gasteiger partial charge in [-0.15, -0.1) is 0 Å². The summed E-state index contributed by atoms with van der Waals surface area (Å²) < 4.78 is 0. The van der Waals surface area contributed by atoms with Gasteiger partial charge in [0.25, 0.3) is 11.8 Å². The Morgan fingerprint density at radius 2 is 1.88 bits per heavy atom. The number of hydrogen-bond donors (Lipinski definition) is 2. The molecule has 1 aromatic rings. The number of H-pyrrole nitrogens is 1. The number of nitrogens with one attached hydrogen (secondary N) is 2. The van der Waals surface area contributed by atoms with E-state index in [0.29, 0.717) is 11.3 Å². The molecule has 6 heteroatoms. The third kappa shape index (κ3) is 3.08. The first kappa shape index (κ1) is 16.6. The van der Waals surface area contributed by atoms with Crippen LogP contribution in [0.3, 0.4) is 0 Å². The van der Waals surface area contributed by atoms with Gasteiger partial charge < -0.3 is 20.1 Å².